The van der Waals surface area contributed by atoms with E-state index in [0.717, 1.165) is 16.9 Å². The third-order valence-corrected chi connectivity index (χ3v) is 5.56. The van der Waals surface area contributed by atoms with E-state index in [1.165, 1.54) is 10.5 Å². The molecule has 2 aromatic rings. The van der Waals surface area contributed by atoms with Crippen molar-refractivity contribution in [2.75, 3.05) is 6.54 Å². The first-order valence-corrected chi connectivity index (χ1v) is 9.39. The Morgan fingerprint density at radius 3 is 2.46 bits per heavy atom. The summed E-state index contributed by atoms with van der Waals surface area (Å²) in [6.07, 6.45) is 0.610. The summed E-state index contributed by atoms with van der Waals surface area (Å²) in [4.78, 5) is 26.1. The van der Waals surface area contributed by atoms with Crippen LogP contribution in [0.3, 0.4) is 0 Å². The lowest BCUT2D eigenvalue weighted by atomic mass is 9.81. The molecule has 0 bridgehead atoms. The van der Waals surface area contributed by atoms with Gasteiger partial charge in [0.1, 0.15) is 18.4 Å². The van der Waals surface area contributed by atoms with Crippen LogP contribution in [0.2, 0.25) is 0 Å². The molecule has 6 nitrogen and oxygen atoms in total. The Morgan fingerprint density at radius 2 is 1.86 bits per heavy atom. The minimum absolute atomic E-state index is 0.114. The first-order valence-electron chi connectivity index (χ1n) is 9.39. The molecule has 28 heavy (non-hydrogen) atoms. The maximum absolute atomic E-state index is 12.9. The lowest BCUT2D eigenvalue weighted by Gasteiger charge is -2.27. The zero-order valence-corrected chi connectivity index (χ0v) is 16.4. The summed E-state index contributed by atoms with van der Waals surface area (Å²) in [5, 5.41) is 8.82. The summed E-state index contributed by atoms with van der Waals surface area (Å²) in [5.41, 5.74) is 4.12. The minimum Gasteiger partial charge on any atom is -0.489 e. The third kappa shape index (κ3) is 3.87. The smallest absolute Gasteiger partial charge is 0.265 e. The first-order chi connectivity index (χ1) is 13.3. The molecule has 0 saturated carbocycles. The van der Waals surface area contributed by atoms with Crippen LogP contribution in [0.15, 0.2) is 48.5 Å². The van der Waals surface area contributed by atoms with E-state index in [9.17, 15) is 9.59 Å². The highest BCUT2D eigenvalue weighted by atomic mass is 16.5. The topological polar surface area (TPSA) is 78.9 Å². The van der Waals surface area contributed by atoms with E-state index in [1.807, 2.05) is 50.2 Å². The van der Waals surface area contributed by atoms with Gasteiger partial charge in [-0.1, -0.05) is 42.0 Å². The predicted octanol–water partition coefficient (Wildman–Crippen LogP) is 2.96. The van der Waals surface area contributed by atoms with E-state index >= 15 is 0 Å². The van der Waals surface area contributed by atoms with Crippen LogP contribution in [0.25, 0.3) is 0 Å². The lowest BCUT2D eigenvalue weighted by Crippen LogP contribution is -2.47. The summed E-state index contributed by atoms with van der Waals surface area (Å²) < 4.78 is 5.84. The molecule has 2 unspecified atom stereocenters. The number of aryl methyl sites for hydroxylation is 1. The van der Waals surface area contributed by atoms with E-state index in [-0.39, 0.29) is 5.91 Å². The molecule has 1 saturated heterocycles. The summed E-state index contributed by atoms with van der Waals surface area (Å²) in [6, 6.07) is 15.0. The van der Waals surface area contributed by atoms with Crippen molar-refractivity contribution in [1.82, 2.24) is 10.4 Å². The van der Waals surface area contributed by atoms with Crippen LogP contribution < -0.4 is 10.2 Å². The second kappa shape index (κ2) is 8.02. The number of benzene rings is 2. The van der Waals surface area contributed by atoms with Crippen molar-refractivity contribution in [2.24, 2.45) is 0 Å². The van der Waals surface area contributed by atoms with Gasteiger partial charge in [0.2, 0.25) is 5.91 Å². The number of likely N-dealkylation sites (tertiary alicyclic amines) is 1. The monoisotopic (exact) mass is 382 g/mol. The van der Waals surface area contributed by atoms with E-state index in [1.54, 1.807) is 12.4 Å². The predicted molar refractivity (Wildman–Crippen MR) is 105 cm³/mol. The molecule has 148 valence electrons. The number of rotatable bonds is 6. The van der Waals surface area contributed by atoms with Crippen LogP contribution in [-0.2, 0) is 21.6 Å². The Morgan fingerprint density at radius 1 is 1.21 bits per heavy atom. The Hall–Kier alpha value is -2.86. The maximum atomic E-state index is 12.9. The number of hydrogen-bond acceptors (Lipinski definition) is 4. The van der Waals surface area contributed by atoms with Crippen molar-refractivity contribution in [3.05, 3.63) is 65.2 Å². The first kappa shape index (κ1) is 19.9. The van der Waals surface area contributed by atoms with Crippen molar-refractivity contribution in [1.29, 1.82) is 0 Å². The quantitative estimate of drug-likeness (QED) is 0.595. The fourth-order valence-electron chi connectivity index (χ4n) is 3.51. The number of nitrogens with one attached hydrogen (secondary N) is 1. The molecule has 2 aromatic carbocycles. The van der Waals surface area contributed by atoms with Gasteiger partial charge in [0, 0.05) is 6.54 Å². The van der Waals surface area contributed by atoms with Gasteiger partial charge in [-0.2, -0.15) is 0 Å². The van der Waals surface area contributed by atoms with Gasteiger partial charge in [-0.15, -0.1) is 0 Å². The molecule has 2 amide bonds. The van der Waals surface area contributed by atoms with E-state index < -0.39 is 17.4 Å². The van der Waals surface area contributed by atoms with Crippen LogP contribution in [0.5, 0.6) is 5.75 Å². The van der Waals surface area contributed by atoms with Gasteiger partial charge in [0.25, 0.3) is 5.91 Å². The van der Waals surface area contributed by atoms with E-state index in [4.69, 9.17) is 9.94 Å². The Balaban J connectivity index is 1.68. The third-order valence-electron chi connectivity index (χ3n) is 5.56. The molecular weight excluding hydrogens is 356 g/mol. The second-order valence-corrected chi connectivity index (χ2v) is 7.53. The number of carbonyl (C=O) groups excluding carboxylic acids is 2. The molecule has 1 heterocycles. The molecule has 0 aromatic heterocycles. The molecular formula is C22H26N2O4. The lowest BCUT2D eigenvalue weighted by molar-refractivity contribution is -0.143. The van der Waals surface area contributed by atoms with Crippen LogP contribution in [-0.4, -0.2) is 34.5 Å². The maximum Gasteiger partial charge on any atom is 0.265 e. The number of ether oxygens (including phenoxy) is 1. The number of nitrogens with zero attached hydrogens (tertiary/aromatic N) is 1. The standard InChI is InChI=1S/C22H26N2O4/c1-15-4-6-17(7-5-15)14-28-19-10-8-18(9-11-19)22(3)12-13-24(21(22)26)16(2)20(25)23-27/h4-11,16,27H,12-14H2,1-3H3,(H,23,25). The molecule has 1 fully saturated rings. The summed E-state index contributed by atoms with van der Waals surface area (Å²) in [6.45, 7) is 6.50. The van der Waals surface area contributed by atoms with Gasteiger partial charge >= 0.3 is 0 Å². The van der Waals surface area contributed by atoms with Gasteiger partial charge in [-0.25, -0.2) is 5.48 Å². The Bertz CT molecular complexity index is 848. The van der Waals surface area contributed by atoms with Crippen molar-refractivity contribution in [3.63, 3.8) is 0 Å². The number of hydroxylamine groups is 1. The van der Waals surface area contributed by atoms with Crippen LogP contribution in [0, 0.1) is 6.92 Å². The molecule has 2 atom stereocenters. The molecule has 3 rings (SSSR count). The zero-order valence-electron chi connectivity index (χ0n) is 16.4. The largest absolute Gasteiger partial charge is 0.489 e. The average molecular weight is 382 g/mol. The molecule has 2 N–H and O–H groups in total. The van der Waals surface area contributed by atoms with Gasteiger partial charge in [-0.3, -0.25) is 14.8 Å². The van der Waals surface area contributed by atoms with E-state index in [0.29, 0.717) is 19.6 Å². The highest BCUT2D eigenvalue weighted by molar-refractivity contribution is 5.94. The average Bonchev–Trinajstić information content (AvgIpc) is 3.02. The number of hydrogen-bond donors (Lipinski definition) is 2. The zero-order chi connectivity index (χ0) is 20.3. The fourth-order valence-corrected chi connectivity index (χ4v) is 3.51. The Kier molecular flexibility index (Phi) is 5.70. The second-order valence-electron chi connectivity index (χ2n) is 7.53. The molecule has 0 radical (unpaired) electrons. The minimum atomic E-state index is -0.712. The SMILES string of the molecule is Cc1ccc(COc2ccc(C3(C)CCN(C(C)C(=O)NO)C3=O)cc2)cc1. The van der Waals surface area contributed by atoms with E-state index in [2.05, 4.69) is 12.1 Å². The molecule has 1 aliphatic rings. The van der Waals surface area contributed by atoms with Crippen LogP contribution in [0.1, 0.15) is 37.0 Å². The van der Waals surface area contributed by atoms with Gasteiger partial charge in [-0.05, 0) is 50.5 Å². The summed E-state index contributed by atoms with van der Waals surface area (Å²) in [5.74, 6) is 0.0395. The fraction of sp³-hybridized carbons (Fsp3) is 0.364. The molecule has 1 aliphatic heterocycles. The van der Waals surface area contributed by atoms with Crippen molar-refractivity contribution in [3.8, 4) is 5.75 Å². The van der Waals surface area contributed by atoms with Gasteiger partial charge < -0.3 is 9.64 Å². The van der Waals surface area contributed by atoms with Crippen LogP contribution >= 0.6 is 0 Å². The Labute approximate surface area is 165 Å². The van der Waals surface area contributed by atoms with Gasteiger partial charge in [0.15, 0.2) is 0 Å². The van der Waals surface area contributed by atoms with Crippen molar-refractivity contribution < 1.29 is 19.5 Å². The summed E-state index contributed by atoms with van der Waals surface area (Å²) >= 11 is 0. The highest BCUT2D eigenvalue weighted by Crippen LogP contribution is 2.37. The van der Waals surface area contributed by atoms with Crippen molar-refractivity contribution in [2.45, 2.75) is 45.3 Å². The summed E-state index contributed by atoms with van der Waals surface area (Å²) in [7, 11) is 0. The van der Waals surface area contributed by atoms with Gasteiger partial charge in [0.05, 0.1) is 5.41 Å². The highest BCUT2D eigenvalue weighted by Gasteiger charge is 2.46. The molecule has 6 heteroatoms. The molecule has 0 spiro atoms. The van der Waals surface area contributed by atoms with Crippen molar-refractivity contribution >= 4 is 11.8 Å². The number of carbonyl (C=O) groups is 2. The van der Waals surface area contributed by atoms with Crippen LogP contribution in [0.4, 0.5) is 0 Å². The normalized spacial score (nSPS) is 20.1. The number of amides is 2. The molecule has 0 aliphatic carbocycles.